The number of aliphatic hydroxyl groups is 1. The molecule has 6 atom stereocenters. The summed E-state index contributed by atoms with van der Waals surface area (Å²) >= 11 is 0. The summed E-state index contributed by atoms with van der Waals surface area (Å²) in [7, 11) is -17.8. The van der Waals surface area contributed by atoms with Crippen LogP contribution in [0.5, 0.6) is 0 Å². The third kappa shape index (κ3) is 6.00. The summed E-state index contributed by atoms with van der Waals surface area (Å²) in [6, 6.07) is 0. The van der Waals surface area contributed by atoms with Crippen molar-refractivity contribution in [2.24, 2.45) is 0 Å². The van der Waals surface area contributed by atoms with Gasteiger partial charge in [0.1, 0.15) is 12.2 Å². The van der Waals surface area contributed by atoms with Gasteiger partial charge in [0.15, 0.2) is 6.23 Å². The molecule has 0 aliphatic carbocycles. The first-order valence-electron chi connectivity index (χ1n) is 6.99. The SMILES string of the molecule is Cc1cn([C@@H]2OCC(OP(=O)([O-])OP(=O)([O-])OP(=O)([O-])O)C2O)c(=O)[nH]c1=O. The minimum atomic E-state index is -6.10. The number of aromatic amines is 1. The number of ether oxygens (including phenoxy) is 1. The van der Waals surface area contributed by atoms with Crippen LogP contribution in [0.3, 0.4) is 0 Å². The van der Waals surface area contributed by atoms with Crippen molar-refractivity contribution in [1.82, 2.24) is 9.55 Å². The Labute approximate surface area is 154 Å². The molecule has 1 aliphatic heterocycles. The maximum atomic E-state index is 11.8. The van der Waals surface area contributed by atoms with Gasteiger partial charge in [-0.2, -0.15) is 0 Å². The summed E-state index contributed by atoms with van der Waals surface area (Å²) in [5, 5.41) is 10.1. The van der Waals surface area contributed by atoms with Crippen LogP contribution in [0, 0.1) is 6.92 Å². The highest BCUT2D eigenvalue weighted by molar-refractivity contribution is 7.65. The summed E-state index contributed by atoms with van der Waals surface area (Å²) in [6.45, 7) is 0.668. The maximum Gasteiger partial charge on any atom is 0.330 e. The molecular formula is C9H12N2O14P3-3. The molecule has 160 valence electrons. The Bertz CT molecular complexity index is 995. The molecule has 5 unspecified atom stereocenters. The van der Waals surface area contributed by atoms with Crippen LogP contribution in [-0.4, -0.2) is 38.4 Å². The third-order valence-electron chi connectivity index (χ3n) is 3.19. The molecule has 28 heavy (non-hydrogen) atoms. The molecule has 0 spiro atoms. The topological polar surface area (TPSA) is 253 Å². The smallest absolute Gasteiger partial charge is 0.330 e. The molecule has 0 aromatic carbocycles. The number of nitrogens with zero attached hydrogens (tertiary/aromatic N) is 1. The lowest BCUT2D eigenvalue weighted by Crippen LogP contribution is -2.38. The lowest BCUT2D eigenvalue weighted by Gasteiger charge is -2.34. The van der Waals surface area contributed by atoms with Crippen LogP contribution in [0.4, 0.5) is 0 Å². The number of aliphatic hydroxyl groups excluding tert-OH is 1. The van der Waals surface area contributed by atoms with Crippen LogP contribution >= 0.6 is 23.5 Å². The van der Waals surface area contributed by atoms with Crippen molar-refractivity contribution < 1.29 is 56.3 Å². The van der Waals surface area contributed by atoms with E-state index in [0.29, 0.717) is 0 Å². The lowest BCUT2D eigenvalue weighted by atomic mass is 10.2. The van der Waals surface area contributed by atoms with Gasteiger partial charge in [-0.3, -0.25) is 28.0 Å². The van der Waals surface area contributed by atoms with Gasteiger partial charge in [0.05, 0.1) is 6.61 Å². The van der Waals surface area contributed by atoms with E-state index in [1.54, 1.807) is 0 Å². The van der Waals surface area contributed by atoms with Gasteiger partial charge in [0.25, 0.3) is 29.0 Å². The molecule has 1 saturated heterocycles. The normalized spacial score (nSPS) is 29.0. The number of nitrogens with one attached hydrogen (secondary N) is 1. The number of aryl methyl sites for hydroxylation is 1. The van der Waals surface area contributed by atoms with Crippen molar-refractivity contribution >= 4 is 23.5 Å². The van der Waals surface area contributed by atoms with Crippen molar-refractivity contribution in [3.8, 4) is 0 Å². The molecule has 1 fully saturated rings. The fourth-order valence-corrected chi connectivity index (χ4v) is 5.19. The number of H-pyrrole nitrogens is 1. The number of phosphoric ester groups is 1. The molecule has 3 N–H and O–H groups in total. The molecule has 0 amide bonds. The zero-order chi connectivity index (χ0) is 21.5. The molecule has 0 bridgehead atoms. The largest absolute Gasteiger partial charge is 0.756 e. The molecule has 0 radical (unpaired) electrons. The van der Waals surface area contributed by atoms with Crippen LogP contribution in [0.25, 0.3) is 0 Å². The molecule has 1 aromatic rings. The zero-order valence-electron chi connectivity index (χ0n) is 13.6. The first-order chi connectivity index (χ1) is 12.6. The monoisotopic (exact) mass is 465 g/mol. The Morgan fingerprint density at radius 1 is 1.21 bits per heavy atom. The summed E-state index contributed by atoms with van der Waals surface area (Å²) in [4.78, 5) is 66.5. The van der Waals surface area contributed by atoms with E-state index in [1.807, 2.05) is 4.98 Å². The molecule has 2 rings (SSSR count). The Balaban J connectivity index is 2.14. The second-order valence-electron chi connectivity index (χ2n) is 5.36. The Morgan fingerprint density at radius 3 is 2.39 bits per heavy atom. The van der Waals surface area contributed by atoms with E-state index < -0.39 is 59.8 Å². The van der Waals surface area contributed by atoms with E-state index >= 15 is 0 Å². The Morgan fingerprint density at radius 2 is 1.82 bits per heavy atom. The number of rotatable bonds is 7. The van der Waals surface area contributed by atoms with Gasteiger partial charge < -0.3 is 33.9 Å². The highest BCUT2D eigenvalue weighted by Crippen LogP contribution is 2.62. The van der Waals surface area contributed by atoms with Crippen LogP contribution in [-0.2, 0) is 31.6 Å². The van der Waals surface area contributed by atoms with Gasteiger partial charge in [0, 0.05) is 11.8 Å². The maximum absolute atomic E-state index is 11.8. The van der Waals surface area contributed by atoms with E-state index in [-0.39, 0.29) is 5.56 Å². The molecule has 19 heteroatoms. The third-order valence-corrected chi connectivity index (χ3v) is 6.95. The fourth-order valence-electron chi connectivity index (χ4n) is 2.14. The van der Waals surface area contributed by atoms with E-state index in [2.05, 4.69) is 13.1 Å². The van der Waals surface area contributed by atoms with E-state index in [4.69, 9.17) is 9.63 Å². The summed E-state index contributed by atoms with van der Waals surface area (Å²) < 4.78 is 49.7. The number of phosphoric acid groups is 3. The molecule has 16 nitrogen and oxygen atoms in total. The van der Waals surface area contributed by atoms with Crippen LogP contribution < -0.4 is 25.9 Å². The standard InChI is InChI=1S/C9H15N2O14P3/c1-4-2-11(9(14)10-7(4)13)8-6(12)5(3-22-8)23-27(18,19)25-28(20,21)24-26(15,16)17/h2,5-6,8,12H,3H2,1H3,(H,18,19)(H,20,21)(H,10,13,14)(H2,15,16,17)/p-3/t5?,6?,8-/m1/s1. The predicted molar refractivity (Wildman–Crippen MR) is 79.1 cm³/mol. The zero-order valence-corrected chi connectivity index (χ0v) is 16.3. The molecule has 2 heterocycles. The van der Waals surface area contributed by atoms with Crippen molar-refractivity contribution in [3.05, 3.63) is 32.6 Å². The molecule has 0 saturated carbocycles. The quantitative estimate of drug-likeness (QED) is 0.331. The van der Waals surface area contributed by atoms with Crippen LogP contribution in [0.1, 0.15) is 11.8 Å². The second-order valence-corrected chi connectivity index (χ2v) is 9.61. The summed E-state index contributed by atoms with van der Waals surface area (Å²) in [6.07, 6.45) is -4.12. The average molecular weight is 465 g/mol. The van der Waals surface area contributed by atoms with Gasteiger partial charge in [0.2, 0.25) is 0 Å². The van der Waals surface area contributed by atoms with Gasteiger partial charge >= 0.3 is 5.69 Å². The van der Waals surface area contributed by atoms with Gasteiger partial charge in [-0.1, -0.05) is 0 Å². The van der Waals surface area contributed by atoms with Crippen LogP contribution in [0.15, 0.2) is 15.8 Å². The predicted octanol–water partition coefficient (Wildman–Crippen LogP) is -3.45. The van der Waals surface area contributed by atoms with Crippen molar-refractivity contribution in [2.45, 2.75) is 25.4 Å². The van der Waals surface area contributed by atoms with E-state index in [1.165, 1.54) is 6.92 Å². The highest BCUT2D eigenvalue weighted by atomic mass is 31.3. The fraction of sp³-hybridized carbons (Fsp3) is 0.556. The lowest BCUT2D eigenvalue weighted by molar-refractivity contribution is -0.251. The van der Waals surface area contributed by atoms with Crippen molar-refractivity contribution in [1.29, 1.82) is 0 Å². The molecular weight excluding hydrogens is 453 g/mol. The van der Waals surface area contributed by atoms with Crippen molar-refractivity contribution in [2.75, 3.05) is 6.61 Å². The molecule has 1 aliphatic rings. The van der Waals surface area contributed by atoms with Crippen LogP contribution in [0.2, 0.25) is 0 Å². The summed E-state index contributed by atoms with van der Waals surface area (Å²) in [5.41, 5.74) is -1.63. The minimum Gasteiger partial charge on any atom is -0.756 e. The Hall–Kier alpha value is -0.990. The highest BCUT2D eigenvalue weighted by Gasteiger charge is 2.41. The Kier molecular flexibility index (Phi) is 6.68. The van der Waals surface area contributed by atoms with E-state index in [0.717, 1.165) is 10.8 Å². The average Bonchev–Trinajstić information content (AvgIpc) is 2.79. The van der Waals surface area contributed by atoms with Gasteiger partial charge in [-0.05, 0) is 6.92 Å². The molecule has 1 aromatic heterocycles. The summed E-state index contributed by atoms with van der Waals surface area (Å²) in [5.74, 6) is 0. The first kappa shape index (κ1) is 23.3. The first-order valence-corrected chi connectivity index (χ1v) is 11.4. The van der Waals surface area contributed by atoms with Gasteiger partial charge in [-0.25, -0.2) is 13.4 Å². The minimum absolute atomic E-state index is 0.0630. The second kappa shape index (κ2) is 8.03. The van der Waals surface area contributed by atoms with Crippen molar-refractivity contribution in [3.63, 3.8) is 0 Å². The van der Waals surface area contributed by atoms with E-state index in [9.17, 15) is 43.1 Å². The van der Waals surface area contributed by atoms with Gasteiger partial charge in [-0.15, -0.1) is 0 Å². The number of hydrogen-bond acceptors (Lipinski definition) is 13. The number of hydrogen-bond donors (Lipinski definition) is 3. The number of aromatic nitrogens is 2.